The molecule has 2 aromatic rings. The van der Waals surface area contributed by atoms with Gasteiger partial charge in [0, 0.05) is 12.6 Å². The highest BCUT2D eigenvalue weighted by Crippen LogP contribution is 2.26. The highest BCUT2D eigenvalue weighted by molar-refractivity contribution is 5.91. The van der Waals surface area contributed by atoms with Crippen molar-refractivity contribution in [2.75, 3.05) is 12.4 Å². The number of carbonyl (C=O) groups excluding carboxylic acids is 1. The van der Waals surface area contributed by atoms with E-state index in [0.29, 0.717) is 12.1 Å². The Bertz CT molecular complexity index is 765. The topological polar surface area (TPSA) is 93.5 Å². The van der Waals surface area contributed by atoms with Crippen LogP contribution in [0.5, 0.6) is 5.75 Å². The van der Waals surface area contributed by atoms with Crippen LogP contribution < -0.4 is 10.1 Å². The third-order valence-electron chi connectivity index (χ3n) is 4.47. The summed E-state index contributed by atoms with van der Waals surface area (Å²) >= 11 is 0. The van der Waals surface area contributed by atoms with E-state index in [2.05, 4.69) is 10.4 Å². The van der Waals surface area contributed by atoms with Crippen LogP contribution in [-0.4, -0.2) is 33.9 Å². The maximum Gasteiger partial charge on any atom is 0.331 e. The van der Waals surface area contributed by atoms with Gasteiger partial charge in [0.25, 0.3) is 0 Å². The molecule has 1 unspecified atom stereocenters. The molecule has 0 radical (unpaired) electrons. The van der Waals surface area contributed by atoms with Crippen molar-refractivity contribution in [3.05, 3.63) is 42.2 Å². The average molecular weight is 359 g/mol. The minimum absolute atomic E-state index is 0.0893. The molecule has 2 rings (SSSR count). The van der Waals surface area contributed by atoms with E-state index in [9.17, 15) is 14.7 Å². The highest BCUT2D eigenvalue weighted by atomic mass is 16.5. The van der Waals surface area contributed by atoms with E-state index in [1.165, 1.54) is 17.1 Å². The third kappa shape index (κ3) is 4.41. The molecule has 0 spiro atoms. The molecule has 0 bridgehead atoms. The summed E-state index contributed by atoms with van der Waals surface area (Å²) in [6.07, 6.45) is 4.14. The van der Waals surface area contributed by atoms with Crippen LogP contribution in [0, 0.1) is 0 Å². The molecule has 7 nitrogen and oxygen atoms in total. The van der Waals surface area contributed by atoms with Crippen molar-refractivity contribution in [1.29, 1.82) is 0 Å². The molecule has 0 aliphatic carbocycles. The number of nitrogens with one attached hydrogen (secondary N) is 1. The molecule has 0 aliphatic rings. The number of ether oxygens (including phenoxy) is 1. The Morgan fingerprint density at radius 1 is 1.31 bits per heavy atom. The number of benzene rings is 1. The molecular formula is C19H25N3O4. The maximum atomic E-state index is 12.4. The Morgan fingerprint density at radius 3 is 2.50 bits per heavy atom. The average Bonchev–Trinajstić information content (AvgIpc) is 3.08. The zero-order valence-corrected chi connectivity index (χ0v) is 15.5. The van der Waals surface area contributed by atoms with Gasteiger partial charge in [-0.2, -0.15) is 5.10 Å². The number of aliphatic carboxylic acids is 1. The first-order chi connectivity index (χ1) is 12.3. The van der Waals surface area contributed by atoms with Gasteiger partial charge in [0.1, 0.15) is 5.75 Å². The summed E-state index contributed by atoms with van der Waals surface area (Å²) in [7, 11) is 1.62. The lowest BCUT2D eigenvalue weighted by atomic mass is 9.93. The Balaban J connectivity index is 2.03. The van der Waals surface area contributed by atoms with Crippen molar-refractivity contribution in [2.45, 2.75) is 45.1 Å². The van der Waals surface area contributed by atoms with Gasteiger partial charge in [0.15, 0.2) is 5.54 Å². The minimum atomic E-state index is -1.18. The summed E-state index contributed by atoms with van der Waals surface area (Å²) in [5, 5.41) is 16.1. The molecule has 1 atom stereocenters. The van der Waals surface area contributed by atoms with Crippen molar-refractivity contribution in [2.24, 2.45) is 0 Å². The summed E-state index contributed by atoms with van der Waals surface area (Å²) in [5.74, 6) is -0.266. The van der Waals surface area contributed by atoms with E-state index in [1.807, 2.05) is 31.2 Å². The molecule has 0 aliphatic heterocycles. The van der Waals surface area contributed by atoms with Crippen LogP contribution in [0.25, 0.3) is 0 Å². The summed E-state index contributed by atoms with van der Waals surface area (Å²) in [4.78, 5) is 23.7. The smallest absolute Gasteiger partial charge is 0.331 e. The molecule has 2 N–H and O–H groups in total. The SMILES string of the molecule is CCC(CC(=O)Nc1cnn(C(C)(C)C(=O)O)c1)c1ccc(OC)cc1. The largest absolute Gasteiger partial charge is 0.497 e. The van der Waals surface area contributed by atoms with Gasteiger partial charge in [0.05, 0.1) is 19.0 Å². The van der Waals surface area contributed by atoms with Crippen molar-refractivity contribution in [3.8, 4) is 5.75 Å². The molecule has 1 amide bonds. The zero-order chi connectivity index (χ0) is 19.3. The van der Waals surface area contributed by atoms with Gasteiger partial charge in [-0.15, -0.1) is 0 Å². The van der Waals surface area contributed by atoms with Gasteiger partial charge in [-0.3, -0.25) is 9.48 Å². The van der Waals surface area contributed by atoms with Crippen LogP contribution in [0.4, 0.5) is 5.69 Å². The number of rotatable bonds is 8. The van der Waals surface area contributed by atoms with Crippen LogP contribution in [0.2, 0.25) is 0 Å². The van der Waals surface area contributed by atoms with Crippen molar-refractivity contribution in [3.63, 3.8) is 0 Å². The number of carboxylic acid groups (broad SMARTS) is 1. The molecule has 1 heterocycles. The fourth-order valence-corrected chi connectivity index (χ4v) is 2.60. The van der Waals surface area contributed by atoms with Gasteiger partial charge >= 0.3 is 5.97 Å². The number of amides is 1. The van der Waals surface area contributed by atoms with Crippen LogP contribution in [0.3, 0.4) is 0 Å². The molecule has 0 saturated carbocycles. The van der Waals surface area contributed by atoms with E-state index in [1.54, 1.807) is 21.0 Å². The Hall–Kier alpha value is -2.83. The lowest BCUT2D eigenvalue weighted by molar-refractivity contribution is -0.146. The molecular weight excluding hydrogens is 334 g/mol. The Morgan fingerprint density at radius 2 is 1.96 bits per heavy atom. The van der Waals surface area contributed by atoms with Crippen LogP contribution in [0.1, 0.15) is 45.1 Å². The van der Waals surface area contributed by atoms with E-state index in [-0.39, 0.29) is 11.8 Å². The van der Waals surface area contributed by atoms with Gasteiger partial charge < -0.3 is 15.2 Å². The van der Waals surface area contributed by atoms with Crippen molar-refractivity contribution < 1.29 is 19.4 Å². The number of hydrogen-bond acceptors (Lipinski definition) is 4. The molecule has 0 saturated heterocycles. The predicted octanol–water partition coefficient (Wildman–Crippen LogP) is 3.23. The van der Waals surface area contributed by atoms with Crippen LogP contribution in [0.15, 0.2) is 36.7 Å². The molecule has 140 valence electrons. The molecule has 1 aromatic carbocycles. The molecule has 1 aromatic heterocycles. The van der Waals surface area contributed by atoms with E-state index in [0.717, 1.165) is 17.7 Å². The first-order valence-corrected chi connectivity index (χ1v) is 8.50. The predicted molar refractivity (Wildman–Crippen MR) is 98.5 cm³/mol. The van der Waals surface area contributed by atoms with Gasteiger partial charge in [-0.05, 0) is 43.9 Å². The molecule has 26 heavy (non-hydrogen) atoms. The van der Waals surface area contributed by atoms with Crippen LogP contribution in [-0.2, 0) is 15.1 Å². The summed E-state index contributed by atoms with van der Waals surface area (Å²) in [6.45, 7) is 5.13. The van der Waals surface area contributed by atoms with Gasteiger partial charge in [-0.1, -0.05) is 19.1 Å². The standard InChI is InChI=1S/C19H25N3O4/c1-5-13(14-6-8-16(26-4)9-7-14)10-17(23)21-15-11-20-22(12-15)19(2,3)18(24)25/h6-9,11-13H,5,10H2,1-4H3,(H,21,23)(H,24,25). The lowest BCUT2D eigenvalue weighted by Gasteiger charge is -2.19. The maximum absolute atomic E-state index is 12.4. The zero-order valence-electron chi connectivity index (χ0n) is 15.5. The Labute approximate surface area is 153 Å². The van der Waals surface area contributed by atoms with Crippen LogP contribution >= 0.6 is 0 Å². The molecule has 7 heteroatoms. The number of nitrogens with zero attached hydrogens (tertiary/aromatic N) is 2. The first-order valence-electron chi connectivity index (χ1n) is 8.50. The first kappa shape index (κ1) is 19.5. The third-order valence-corrected chi connectivity index (χ3v) is 4.47. The summed E-state index contributed by atoms with van der Waals surface area (Å²) in [6, 6.07) is 7.70. The fraction of sp³-hybridized carbons (Fsp3) is 0.421. The summed E-state index contributed by atoms with van der Waals surface area (Å²) in [5.41, 5.74) is 0.373. The number of carbonyl (C=O) groups is 2. The van der Waals surface area contributed by atoms with E-state index >= 15 is 0 Å². The van der Waals surface area contributed by atoms with Crippen molar-refractivity contribution in [1.82, 2.24) is 9.78 Å². The summed E-state index contributed by atoms with van der Waals surface area (Å²) < 4.78 is 6.48. The quantitative estimate of drug-likeness (QED) is 0.755. The highest BCUT2D eigenvalue weighted by Gasteiger charge is 2.30. The second-order valence-electron chi connectivity index (χ2n) is 6.67. The van der Waals surface area contributed by atoms with E-state index < -0.39 is 11.5 Å². The number of hydrogen-bond donors (Lipinski definition) is 2. The second-order valence-corrected chi connectivity index (χ2v) is 6.67. The number of anilines is 1. The fourth-order valence-electron chi connectivity index (χ4n) is 2.60. The monoisotopic (exact) mass is 359 g/mol. The van der Waals surface area contributed by atoms with E-state index in [4.69, 9.17) is 4.74 Å². The second kappa shape index (κ2) is 8.03. The van der Waals surface area contributed by atoms with Crippen molar-refractivity contribution >= 4 is 17.6 Å². The normalized spacial score (nSPS) is 12.5. The lowest BCUT2D eigenvalue weighted by Crippen LogP contribution is -2.35. The van der Waals surface area contributed by atoms with Gasteiger partial charge in [-0.25, -0.2) is 4.79 Å². The number of carboxylic acids is 1. The van der Waals surface area contributed by atoms with Gasteiger partial charge in [0.2, 0.25) is 5.91 Å². The number of aromatic nitrogens is 2. The molecule has 0 fully saturated rings. The minimum Gasteiger partial charge on any atom is -0.497 e. The Kier molecular flexibility index (Phi) is 6.02. The number of methoxy groups -OCH3 is 1.